The zero-order valence-electron chi connectivity index (χ0n) is 13.8. The van der Waals surface area contributed by atoms with Crippen molar-refractivity contribution in [3.8, 4) is 16.9 Å². The van der Waals surface area contributed by atoms with Crippen LogP contribution in [-0.2, 0) is 6.42 Å². The molecule has 128 valence electrons. The number of hydrogen-bond donors (Lipinski definition) is 1. The van der Waals surface area contributed by atoms with Crippen molar-refractivity contribution in [3.63, 3.8) is 0 Å². The molecule has 1 heterocycles. The number of nitrogens with zero attached hydrogens (tertiary/aromatic N) is 1. The van der Waals surface area contributed by atoms with E-state index in [0.717, 1.165) is 33.9 Å². The van der Waals surface area contributed by atoms with Crippen LogP contribution in [0, 0.1) is 0 Å². The van der Waals surface area contributed by atoms with Gasteiger partial charge in [-0.2, -0.15) is 0 Å². The second-order valence-electron chi connectivity index (χ2n) is 5.90. The van der Waals surface area contributed by atoms with Crippen LogP contribution in [0.4, 0.5) is 0 Å². The fourth-order valence-electron chi connectivity index (χ4n) is 2.57. The molecule has 4 heteroatoms. The quantitative estimate of drug-likeness (QED) is 0.665. The van der Waals surface area contributed by atoms with Crippen LogP contribution < -0.4 is 4.74 Å². The first kappa shape index (κ1) is 17.5. The Kier molecular flexibility index (Phi) is 6.04. The average molecular weight is 354 g/mol. The van der Waals surface area contributed by atoms with Crippen LogP contribution in [0.15, 0.2) is 73.1 Å². The molecule has 3 rings (SSSR count). The summed E-state index contributed by atoms with van der Waals surface area (Å²) < 4.78 is 5.68. The van der Waals surface area contributed by atoms with Gasteiger partial charge in [-0.15, -0.1) is 0 Å². The Morgan fingerprint density at radius 2 is 1.84 bits per heavy atom. The number of benzene rings is 2. The first-order valence-corrected chi connectivity index (χ1v) is 8.64. The number of hydrogen-bond acceptors (Lipinski definition) is 3. The lowest BCUT2D eigenvalue weighted by molar-refractivity contribution is 0.100. The van der Waals surface area contributed by atoms with Gasteiger partial charge in [0.2, 0.25) is 0 Å². The first-order chi connectivity index (χ1) is 12.2. The third-order valence-electron chi connectivity index (χ3n) is 3.94. The minimum absolute atomic E-state index is 0.275. The van der Waals surface area contributed by atoms with Gasteiger partial charge < -0.3 is 9.84 Å². The maximum absolute atomic E-state index is 10.1. The predicted octanol–water partition coefficient (Wildman–Crippen LogP) is 4.77. The molecule has 0 unspecified atom stereocenters. The molecule has 0 fully saturated rings. The molecule has 0 bridgehead atoms. The molecule has 0 saturated carbocycles. The molecule has 0 spiro atoms. The molecule has 3 aromatic rings. The van der Waals surface area contributed by atoms with Crippen molar-refractivity contribution in [2.45, 2.75) is 18.9 Å². The van der Waals surface area contributed by atoms with E-state index < -0.39 is 6.10 Å². The van der Waals surface area contributed by atoms with Crippen molar-refractivity contribution >= 4 is 11.6 Å². The maximum atomic E-state index is 10.1. The Bertz CT molecular complexity index is 791. The summed E-state index contributed by atoms with van der Waals surface area (Å²) in [6.45, 7) is 0.275. The summed E-state index contributed by atoms with van der Waals surface area (Å²) in [5.74, 6) is 0.742. The van der Waals surface area contributed by atoms with Gasteiger partial charge in [0.05, 0.1) is 6.10 Å². The molecular weight excluding hydrogens is 334 g/mol. The van der Waals surface area contributed by atoms with E-state index in [1.807, 2.05) is 66.9 Å². The molecule has 1 aromatic heterocycles. The van der Waals surface area contributed by atoms with Crippen LogP contribution >= 0.6 is 11.6 Å². The van der Waals surface area contributed by atoms with Crippen molar-refractivity contribution in [2.75, 3.05) is 6.61 Å². The SMILES string of the molecule is O[C@@H](CCc1cccnc1)COc1ccc(-c2cccc(Cl)c2)cc1. The number of halogens is 1. The third-order valence-corrected chi connectivity index (χ3v) is 4.18. The summed E-state index contributed by atoms with van der Waals surface area (Å²) >= 11 is 6.03. The van der Waals surface area contributed by atoms with E-state index in [9.17, 15) is 5.11 Å². The van der Waals surface area contributed by atoms with E-state index in [2.05, 4.69) is 4.98 Å². The van der Waals surface area contributed by atoms with Crippen molar-refractivity contribution in [2.24, 2.45) is 0 Å². The zero-order chi connectivity index (χ0) is 17.5. The van der Waals surface area contributed by atoms with Gasteiger partial charge in [0.25, 0.3) is 0 Å². The molecule has 2 aromatic carbocycles. The minimum Gasteiger partial charge on any atom is -0.491 e. The van der Waals surface area contributed by atoms with Crippen molar-refractivity contribution < 1.29 is 9.84 Å². The Labute approximate surface area is 152 Å². The first-order valence-electron chi connectivity index (χ1n) is 8.26. The lowest BCUT2D eigenvalue weighted by Crippen LogP contribution is -2.18. The molecule has 1 atom stereocenters. The summed E-state index contributed by atoms with van der Waals surface area (Å²) in [5, 5.41) is 10.8. The highest BCUT2D eigenvalue weighted by Crippen LogP contribution is 2.24. The van der Waals surface area contributed by atoms with Gasteiger partial charge in [0, 0.05) is 17.4 Å². The highest BCUT2D eigenvalue weighted by molar-refractivity contribution is 6.30. The summed E-state index contributed by atoms with van der Waals surface area (Å²) in [4.78, 5) is 4.07. The Balaban J connectivity index is 1.50. The number of rotatable bonds is 7. The summed E-state index contributed by atoms with van der Waals surface area (Å²) in [6.07, 6.45) is 4.49. The monoisotopic (exact) mass is 353 g/mol. The molecule has 1 N–H and O–H groups in total. The second-order valence-corrected chi connectivity index (χ2v) is 6.34. The molecule has 0 aliphatic heterocycles. The number of aliphatic hydroxyl groups is 1. The largest absolute Gasteiger partial charge is 0.491 e. The van der Waals surface area contributed by atoms with Gasteiger partial charge in [-0.05, 0) is 59.9 Å². The Morgan fingerprint density at radius 3 is 2.56 bits per heavy atom. The molecule has 3 nitrogen and oxygen atoms in total. The van der Waals surface area contributed by atoms with Crippen LogP contribution in [0.3, 0.4) is 0 Å². The highest BCUT2D eigenvalue weighted by atomic mass is 35.5. The minimum atomic E-state index is -0.507. The standard InChI is InChI=1S/C21H20ClNO2/c22-19-5-1-4-18(13-19)17-7-10-21(11-8-17)25-15-20(24)9-6-16-3-2-12-23-14-16/h1-5,7-8,10-14,20,24H,6,9,15H2/t20-/m0/s1. The van der Waals surface area contributed by atoms with Crippen LogP contribution in [0.2, 0.25) is 5.02 Å². The zero-order valence-corrected chi connectivity index (χ0v) is 14.6. The molecule has 0 saturated heterocycles. The van der Waals surface area contributed by atoms with E-state index in [4.69, 9.17) is 16.3 Å². The number of aromatic nitrogens is 1. The Hall–Kier alpha value is -2.36. The van der Waals surface area contributed by atoms with E-state index in [1.54, 1.807) is 6.20 Å². The lowest BCUT2D eigenvalue weighted by Gasteiger charge is -2.13. The van der Waals surface area contributed by atoms with Gasteiger partial charge in [0.1, 0.15) is 12.4 Å². The molecule has 0 radical (unpaired) electrons. The summed E-state index contributed by atoms with van der Waals surface area (Å²) in [6, 6.07) is 19.4. The van der Waals surface area contributed by atoms with Crippen LogP contribution in [0.1, 0.15) is 12.0 Å². The van der Waals surface area contributed by atoms with Gasteiger partial charge in [-0.3, -0.25) is 4.98 Å². The van der Waals surface area contributed by atoms with Gasteiger partial charge in [0.15, 0.2) is 0 Å². The third kappa shape index (κ3) is 5.31. The number of ether oxygens (including phenoxy) is 1. The fourth-order valence-corrected chi connectivity index (χ4v) is 2.76. The molecule has 25 heavy (non-hydrogen) atoms. The number of pyridine rings is 1. The van der Waals surface area contributed by atoms with Crippen molar-refractivity contribution in [3.05, 3.63) is 83.6 Å². The summed E-state index contributed by atoms with van der Waals surface area (Å²) in [5.41, 5.74) is 3.26. The molecule has 0 amide bonds. The predicted molar refractivity (Wildman–Crippen MR) is 101 cm³/mol. The number of aryl methyl sites for hydroxylation is 1. The van der Waals surface area contributed by atoms with Gasteiger partial charge >= 0.3 is 0 Å². The topological polar surface area (TPSA) is 42.4 Å². The van der Waals surface area contributed by atoms with E-state index in [0.29, 0.717) is 6.42 Å². The van der Waals surface area contributed by atoms with Crippen molar-refractivity contribution in [1.82, 2.24) is 4.98 Å². The van der Waals surface area contributed by atoms with Gasteiger partial charge in [-0.1, -0.05) is 41.9 Å². The average Bonchev–Trinajstić information content (AvgIpc) is 2.66. The van der Waals surface area contributed by atoms with Crippen LogP contribution in [0.25, 0.3) is 11.1 Å². The van der Waals surface area contributed by atoms with E-state index >= 15 is 0 Å². The van der Waals surface area contributed by atoms with Crippen molar-refractivity contribution in [1.29, 1.82) is 0 Å². The van der Waals surface area contributed by atoms with Gasteiger partial charge in [-0.25, -0.2) is 0 Å². The maximum Gasteiger partial charge on any atom is 0.119 e. The molecule has 0 aliphatic rings. The van der Waals surface area contributed by atoms with Crippen LogP contribution in [0.5, 0.6) is 5.75 Å². The molecule has 0 aliphatic carbocycles. The smallest absolute Gasteiger partial charge is 0.119 e. The van der Waals surface area contributed by atoms with E-state index in [1.165, 1.54) is 0 Å². The lowest BCUT2D eigenvalue weighted by atomic mass is 10.1. The normalized spacial score (nSPS) is 11.9. The van der Waals surface area contributed by atoms with E-state index in [-0.39, 0.29) is 6.61 Å². The molecular formula is C21H20ClNO2. The Morgan fingerprint density at radius 1 is 1.00 bits per heavy atom. The fraction of sp³-hybridized carbons (Fsp3) is 0.190. The highest BCUT2D eigenvalue weighted by Gasteiger charge is 2.06. The number of aliphatic hydroxyl groups excluding tert-OH is 1. The van der Waals surface area contributed by atoms with Crippen LogP contribution in [-0.4, -0.2) is 22.8 Å². The second kappa shape index (κ2) is 8.65. The summed E-state index contributed by atoms with van der Waals surface area (Å²) in [7, 11) is 0.